The van der Waals surface area contributed by atoms with E-state index in [2.05, 4.69) is 0 Å². The summed E-state index contributed by atoms with van der Waals surface area (Å²) in [6.45, 7) is 1.43. The van der Waals surface area contributed by atoms with Gasteiger partial charge in [0.1, 0.15) is 6.10 Å². The van der Waals surface area contributed by atoms with Crippen molar-refractivity contribution in [1.82, 2.24) is 0 Å². The van der Waals surface area contributed by atoms with Crippen LogP contribution in [0, 0.1) is 0 Å². The number of aliphatic carboxylic acids is 1. The number of carboxylic acids is 1. The van der Waals surface area contributed by atoms with Gasteiger partial charge in [-0.3, -0.25) is 4.79 Å². The molecule has 1 aliphatic rings. The van der Waals surface area contributed by atoms with Gasteiger partial charge in [0, 0.05) is 19.4 Å². The Morgan fingerprint density at radius 1 is 1.43 bits per heavy atom. The van der Waals surface area contributed by atoms with Gasteiger partial charge in [0.05, 0.1) is 26.2 Å². The third-order valence-electron chi connectivity index (χ3n) is 3.59. The Kier molecular flexibility index (Phi) is 5.41. The lowest BCUT2D eigenvalue weighted by Crippen LogP contribution is -2.26. The second-order valence-electron chi connectivity index (χ2n) is 4.97. The second kappa shape index (κ2) is 7.28. The molecule has 1 heterocycles. The molecule has 1 fully saturated rings. The third kappa shape index (κ3) is 3.86. The molecular formula is C15H21NO5. The molecule has 2 rings (SSSR count). The van der Waals surface area contributed by atoms with Crippen molar-refractivity contribution < 1.29 is 24.1 Å². The van der Waals surface area contributed by atoms with Crippen LogP contribution >= 0.6 is 0 Å². The maximum atomic E-state index is 11.2. The first-order valence-electron chi connectivity index (χ1n) is 7.01. The zero-order chi connectivity index (χ0) is 15.2. The van der Waals surface area contributed by atoms with Crippen molar-refractivity contribution in [3.63, 3.8) is 0 Å². The van der Waals surface area contributed by atoms with E-state index in [9.17, 15) is 4.79 Å². The molecule has 6 heteroatoms. The van der Waals surface area contributed by atoms with Crippen LogP contribution in [-0.4, -0.2) is 44.0 Å². The van der Waals surface area contributed by atoms with Crippen LogP contribution in [0.3, 0.4) is 0 Å². The molecule has 0 radical (unpaired) electrons. The topological polar surface area (TPSA) is 91.0 Å². The monoisotopic (exact) mass is 295 g/mol. The largest absolute Gasteiger partial charge is 0.493 e. The Balaban J connectivity index is 2.17. The van der Waals surface area contributed by atoms with Crippen molar-refractivity contribution in [2.45, 2.75) is 24.9 Å². The van der Waals surface area contributed by atoms with Crippen LogP contribution in [0.5, 0.6) is 11.5 Å². The molecule has 1 aromatic carbocycles. The van der Waals surface area contributed by atoms with E-state index in [1.165, 1.54) is 7.11 Å². The molecule has 116 valence electrons. The van der Waals surface area contributed by atoms with Crippen LogP contribution in [0.25, 0.3) is 0 Å². The van der Waals surface area contributed by atoms with E-state index in [0.717, 1.165) is 12.8 Å². The van der Waals surface area contributed by atoms with E-state index in [1.54, 1.807) is 18.2 Å². The summed E-state index contributed by atoms with van der Waals surface area (Å²) in [5, 5.41) is 9.15. The molecule has 1 aromatic rings. The molecule has 1 aliphatic heterocycles. The quantitative estimate of drug-likeness (QED) is 0.824. The maximum absolute atomic E-state index is 11.2. The fourth-order valence-electron chi connectivity index (χ4n) is 2.35. The average molecular weight is 295 g/mol. The first-order valence-corrected chi connectivity index (χ1v) is 7.01. The molecule has 6 nitrogen and oxygen atoms in total. The lowest BCUT2D eigenvalue weighted by Gasteiger charge is -2.24. The summed E-state index contributed by atoms with van der Waals surface area (Å²) >= 11 is 0. The van der Waals surface area contributed by atoms with Crippen LogP contribution in [0.2, 0.25) is 0 Å². The molecule has 0 amide bonds. The molecule has 1 saturated heterocycles. The van der Waals surface area contributed by atoms with E-state index < -0.39 is 11.9 Å². The van der Waals surface area contributed by atoms with Crippen molar-refractivity contribution in [3.05, 3.63) is 23.8 Å². The predicted octanol–water partition coefficient (Wildman–Crippen LogP) is 1.38. The average Bonchev–Trinajstić information content (AvgIpc) is 2.50. The van der Waals surface area contributed by atoms with E-state index in [0.29, 0.717) is 30.3 Å². The van der Waals surface area contributed by atoms with Gasteiger partial charge in [-0.1, -0.05) is 6.07 Å². The van der Waals surface area contributed by atoms with E-state index >= 15 is 0 Å². The van der Waals surface area contributed by atoms with Crippen LogP contribution in [-0.2, 0) is 9.53 Å². The molecule has 21 heavy (non-hydrogen) atoms. The first-order chi connectivity index (χ1) is 10.2. The third-order valence-corrected chi connectivity index (χ3v) is 3.59. The molecule has 0 saturated carbocycles. The summed E-state index contributed by atoms with van der Waals surface area (Å²) in [6.07, 6.45) is 1.78. The Bertz CT molecular complexity index is 485. The van der Waals surface area contributed by atoms with Crippen molar-refractivity contribution in [2.24, 2.45) is 5.73 Å². The molecule has 1 unspecified atom stereocenters. The van der Waals surface area contributed by atoms with Gasteiger partial charge in [-0.05, 0) is 17.7 Å². The molecular weight excluding hydrogens is 274 g/mol. The summed E-state index contributed by atoms with van der Waals surface area (Å²) in [5.41, 5.74) is 6.13. The summed E-state index contributed by atoms with van der Waals surface area (Å²) in [5.74, 6) is -0.540. The van der Waals surface area contributed by atoms with Gasteiger partial charge in [-0.2, -0.15) is 0 Å². The highest BCUT2D eigenvalue weighted by molar-refractivity contribution is 5.76. The molecule has 0 bridgehead atoms. The normalized spacial score (nSPS) is 17.2. The standard InChI is InChI=1S/C15H21NO5/c1-19-14-8-10(12(9-16)15(17)18)2-3-13(14)21-11-4-6-20-7-5-11/h2-3,8,11-12H,4-7,9,16H2,1H3,(H,17,18). The Labute approximate surface area is 123 Å². The van der Waals surface area contributed by atoms with Crippen LogP contribution in [0.1, 0.15) is 24.3 Å². The maximum Gasteiger partial charge on any atom is 0.312 e. The van der Waals surface area contributed by atoms with Gasteiger partial charge in [0.2, 0.25) is 0 Å². The summed E-state index contributed by atoms with van der Waals surface area (Å²) in [6, 6.07) is 5.15. The second-order valence-corrected chi connectivity index (χ2v) is 4.97. The zero-order valence-corrected chi connectivity index (χ0v) is 12.1. The number of ether oxygens (including phenoxy) is 3. The van der Waals surface area contributed by atoms with Crippen LogP contribution in [0.15, 0.2) is 18.2 Å². The predicted molar refractivity (Wildman–Crippen MR) is 76.9 cm³/mol. The Hall–Kier alpha value is -1.79. The van der Waals surface area contributed by atoms with Gasteiger partial charge >= 0.3 is 5.97 Å². The lowest BCUT2D eigenvalue weighted by molar-refractivity contribution is -0.138. The fourth-order valence-corrected chi connectivity index (χ4v) is 2.35. The Morgan fingerprint density at radius 2 is 2.14 bits per heavy atom. The summed E-state index contributed by atoms with van der Waals surface area (Å²) in [4.78, 5) is 11.2. The highest BCUT2D eigenvalue weighted by atomic mass is 16.5. The number of carboxylic acid groups (broad SMARTS) is 1. The minimum Gasteiger partial charge on any atom is -0.493 e. The Morgan fingerprint density at radius 3 is 2.71 bits per heavy atom. The number of carbonyl (C=O) groups is 1. The molecule has 3 N–H and O–H groups in total. The number of hydrogen-bond donors (Lipinski definition) is 2. The minimum atomic E-state index is -0.947. The van der Waals surface area contributed by atoms with Gasteiger partial charge in [-0.25, -0.2) is 0 Å². The highest BCUT2D eigenvalue weighted by Gasteiger charge is 2.21. The molecule has 0 spiro atoms. The number of benzene rings is 1. The smallest absolute Gasteiger partial charge is 0.312 e. The first kappa shape index (κ1) is 15.6. The van der Waals surface area contributed by atoms with Crippen molar-refractivity contribution >= 4 is 5.97 Å². The molecule has 1 atom stereocenters. The van der Waals surface area contributed by atoms with Crippen LogP contribution < -0.4 is 15.2 Å². The van der Waals surface area contributed by atoms with E-state index in [1.807, 2.05) is 0 Å². The van der Waals surface area contributed by atoms with Crippen molar-refractivity contribution in [1.29, 1.82) is 0 Å². The number of methoxy groups -OCH3 is 1. The number of hydrogen-bond acceptors (Lipinski definition) is 5. The minimum absolute atomic E-state index is 0.0403. The SMILES string of the molecule is COc1cc(C(CN)C(=O)O)ccc1OC1CCOCC1. The van der Waals surface area contributed by atoms with Gasteiger partial charge in [0.25, 0.3) is 0 Å². The summed E-state index contributed by atoms with van der Waals surface area (Å²) in [7, 11) is 1.54. The zero-order valence-electron chi connectivity index (χ0n) is 12.1. The summed E-state index contributed by atoms with van der Waals surface area (Å²) < 4.78 is 16.5. The fraction of sp³-hybridized carbons (Fsp3) is 0.533. The number of nitrogens with two attached hydrogens (primary N) is 1. The van der Waals surface area contributed by atoms with E-state index in [-0.39, 0.29) is 12.6 Å². The van der Waals surface area contributed by atoms with Crippen LogP contribution in [0.4, 0.5) is 0 Å². The highest BCUT2D eigenvalue weighted by Crippen LogP contribution is 2.32. The van der Waals surface area contributed by atoms with Crippen molar-refractivity contribution in [3.8, 4) is 11.5 Å². The van der Waals surface area contributed by atoms with E-state index in [4.69, 9.17) is 25.1 Å². The van der Waals surface area contributed by atoms with Gasteiger partial charge in [0.15, 0.2) is 11.5 Å². The van der Waals surface area contributed by atoms with Gasteiger partial charge in [-0.15, -0.1) is 0 Å². The lowest BCUT2D eigenvalue weighted by atomic mass is 9.99. The van der Waals surface area contributed by atoms with Gasteiger partial charge < -0.3 is 25.1 Å². The van der Waals surface area contributed by atoms with Crippen molar-refractivity contribution in [2.75, 3.05) is 26.9 Å². The number of rotatable bonds is 6. The molecule has 0 aliphatic carbocycles. The molecule has 0 aromatic heterocycles.